The van der Waals surface area contributed by atoms with Crippen LogP contribution in [0.5, 0.6) is 0 Å². The molecule has 2 aromatic heterocycles. The van der Waals surface area contributed by atoms with Crippen LogP contribution in [0, 0.1) is 12.3 Å². The molecule has 3 heterocycles. The van der Waals surface area contributed by atoms with E-state index in [1.165, 1.54) is 6.39 Å². The van der Waals surface area contributed by atoms with Crippen LogP contribution in [0.25, 0.3) is 11.3 Å². The van der Waals surface area contributed by atoms with Crippen LogP contribution in [0.4, 0.5) is 0 Å². The lowest BCUT2D eigenvalue weighted by Gasteiger charge is -2.09. The molecule has 23 heavy (non-hydrogen) atoms. The summed E-state index contributed by atoms with van der Waals surface area (Å²) < 4.78 is 6.94. The Kier molecular flexibility index (Phi) is 3.93. The van der Waals surface area contributed by atoms with Gasteiger partial charge in [0.05, 0.1) is 11.8 Å². The average molecular weight is 312 g/mol. The predicted molar refractivity (Wildman–Crippen MR) is 81.3 cm³/mol. The molecule has 118 valence electrons. The number of nitrogens with zero attached hydrogens (tertiary/aromatic N) is 5. The van der Waals surface area contributed by atoms with Gasteiger partial charge in [-0.05, 0) is 0 Å². The van der Waals surface area contributed by atoms with Gasteiger partial charge in [0.2, 0.25) is 0 Å². The van der Waals surface area contributed by atoms with Crippen molar-refractivity contribution in [1.82, 2.24) is 20.1 Å². The molecular weight excluding hydrogens is 296 g/mol. The molecule has 1 aliphatic heterocycles. The quantitative estimate of drug-likeness (QED) is 0.788. The summed E-state index contributed by atoms with van der Waals surface area (Å²) in [6.07, 6.45) is 11.8. The fourth-order valence-corrected chi connectivity index (χ4v) is 2.28. The lowest BCUT2D eigenvalue weighted by Crippen LogP contribution is -2.28. The Hall–Kier alpha value is -2.95. The molecular formula is C15H16N6O2. The molecule has 0 saturated heterocycles. The van der Waals surface area contributed by atoms with Gasteiger partial charge in [-0.25, -0.2) is 4.98 Å². The van der Waals surface area contributed by atoms with Crippen LogP contribution in [0.15, 0.2) is 33.4 Å². The molecule has 0 saturated carbocycles. The zero-order valence-electron chi connectivity index (χ0n) is 12.7. The molecule has 1 amide bonds. The fraction of sp³-hybridized carbons (Fsp3) is 0.400. The number of carbonyl (C=O) groups is 1. The summed E-state index contributed by atoms with van der Waals surface area (Å²) in [4.78, 5) is 16.3. The van der Waals surface area contributed by atoms with Gasteiger partial charge in [-0.2, -0.15) is 15.3 Å². The molecule has 1 aliphatic rings. The van der Waals surface area contributed by atoms with Crippen molar-refractivity contribution in [3.63, 3.8) is 0 Å². The molecule has 0 spiro atoms. The Bertz CT molecular complexity index is 776. The monoisotopic (exact) mass is 312 g/mol. The van der Waals surface area contributed by atoms with Crippen molar-refractivity contribution in [3.05, 3.63) is 24.5 Å². The minimum Gasteiger partial charge on any atom is -0.442 e. The van der Waals surface area contributed by atoms with Crippen LogP contribution >= 0.6 is 0 Å². The lowest BCUT2D eigenvalue weighted by atomic mass is 10.0. The van der Waals surface area contributed by atoms with Gasteiger partial charge >= 0.3 is 0 Å². The second-order valence-corrected chi connectivity index (χ2v) is 5.33. The Labute approximate surface area is 133 Å². The number of aromatic nitrogens is 3. The van der Waals surface area contributed by atoms with Crippen LogP contribution in [-0.4, -0.2) is 32.9 Å². The smallest absolute Gasteiger partial charge is 0.273 e. The highest BCUT2D eigenvalue weighted by atomic mass is 16.3. The Morgan fingerprint density at radius 1 is 1.48 bits per heavy atom. The summed E-state index contributed by atoms with van der Waals surface area (Å²) in [6.45, 7) is 0.440. The van der Waals surface area contributed by atoms with Crippen LogP contribution in [0.2, 0.25) is 0 Å². The Morgan fingerprint density at radius 3 is 2.96 bits per heavy atom. The van der Waals surface area contributed by atoms with Gasteiger partial charge in [-0.15, -0.1) is 12.3 Å². The van der Waals surface area contributed by atoms with Crippen molar-refractivity contribution < 1.29 is 9.21 Å². The SMILES string of the molecule is C#CCCC1(CCNC(=O)c2ncoc2-c2cnn(C)c2)N=N1. The van der Waals surface area contributed by atoms with Crippen LogP contribution in [-0.2, 0) is 7.05 Å². The number of carbonyl (C=O) groups excluding carboxylic acids is 1. The van der Waals surface area contributed by atoms with E-state index < -0.39 is 5.66 Å². The van der Waals surface area contributed by atoms with E-state index in [1.54, 1.807) is 24.1 Å². The molecule has 0 atom stereocenters. The maximum absolute atomic E-state index is 12.3. The minimum absolute atomic E-state index is 0.236. The highest BCUT2D eigenvalue weighted by molar-refractivity contribution is 5.97. The first-order valence-corrected chi connectivity index (χ1v) is 7.22. The number of hydrogen-bond donors (Lipinski definition) is 1. The van der Waals surface area contributed by atoms with E-state index in [2.05, 4.69) is 31.5 Å². The molecule has 3 rings (SSSR count). The van der Waals surface area contributed by atoms with Crippen molar-refractivity contribution in [1.29, 1.82) is 0 Å². The molecule has 0 unspecified atom stereocenters. The summed E-state index contributed by atoms with van der Waals surface area (Å²) in [7, 11) is 1.79. The van der Waals surface area contributed by atoms with Gasteiger partial charge in [-0.3, -0.25) is 9.48 Å². The largest absolute Gasteiger partial charge is 0.442 e. The van der Waals surface area contributed by atoms with Crippen molar-refractivity contribution in [3.8, 4) is 23.7 Å². The first-order valence-electron chi connectivity index (χ1n) is 7.22. The first kappa shape index (κ1) is 15.0. The topological polar surface area (TPSA) is 97.7 Å². The number of terminal acetylenes is 1. The molecule has 2 aromatic rings. The third-order valence-corrected chi connectivity index (χ3v) is 3.61. The first-order chi connectivity index (χ1) is 11.1. The van der Waals surface area contributed by atoms with Gasteiger partial charge in [0.25, 0.3) is 5.91 Å². The van der Waals surface area contributed by atoms with E-state index in [4.69, 9.17) is 10.8 Å². The van der Waals surface area contributed by atoms with Crippen LogP contribution in [0.1, 0.15) is 29.8 Å². The minimum atomic E-state index is -0.407. The molecule has 8 nitrogen and oxygen atoms in total. The summed E-state index contributed by atoms with van der Waals surface area (Å²) in [6, 6.07) is 0. The number of amides is 1. The predicted octanol–water partition coefficient (Wildman–Crippen LogP) is 1.77. The lowest BCUT2D eigenvalue weighted by molar-refractivity contribution is 0.0948. The van der Waals surface area contributed by atoms with E-state index in [-0.39, 0.29) is 11.6 Å². The fourth-order valence-electron chi connectivity index (χ4n) is 2.28. The summed E-state index contributed by atoms with van der Waals surface area (Å²) in [5.41, 5.74) is 0.531. The normalized spacial score (nSPS) is 14.4. The molecule has 0 aromatic carbocycles. The highest BCUT2D eigenvalue weighted by Gasteiger charge is 2.38. The Balaban J connectivity index is 1.58. The van der Waals surface area contributed by atoms with Crippen molar-refractivity contribution in [2.45, 2.75) is 24.9 Å². The van der Waals surface area contributed by atoms with Gasteiger partial charge in [-0.1, -0.05) is 0 Å². The summed E-state index contributed by atoms with van der Waals surface area (Å²) >= 11 is 0. The zero-order valence-corrected chi connectivity index (χ0v) is 12.7. The van der Waals surface area contributed by atoms with Crippen molar-refractivity contribution >= 4 is 5.91 Å². The van der Waals surface area contributed by atoms with Gasteiger partial charge in [0, 0.05) is 39.1 Å². The third-order valence-electron chi connectivity index (χ3n) is 3.61. The molecule has 0 radical (unpaired) electrons. The highest BCUT2D eigenvalue weighted by Crippen LogP contribution is 2.36. The Morgan fingerprint density at radius 2 is 2.30 bits per heavy atom. The number of oxazole rings is 1. The van der Waals surface area contributed by atoms with E-state index in [0.717, 1.165) is 0 Å². The second kappa shape index (κ2) is 6.04. The number of hydrogen-bond acceptors (Lipinski definition) is 6. The van der Waals surface area contributed by atoms with Crippen LogP contribution in [0.3, 0.4) is 0 Å². The zero-order chi connectivity index (χ0) is 16.3. The molecule has 8 heteroatoms. The van der Waals surface area contributed by atoms with Gasteiger partial charge in [0.1, 0.15) is 0 Å². The van der Waals surface area contributed by atoms with Gasteiger partial charge in [0.15, 0.2) is 23.5 Å². The average Bonchev–Trinajstić information content (AvgIpc) is 2.95. The number of aryl methyl sites for hydroxylation is 1. The van der Waals surface area contributed by atoms with Crippen LogP contribution < -0.4 is 5.32 Å². The number of nitrogens with one attached hydrogen (secondary N) is 1. The maximum Gasteiger partial charge on any atom is 0.273 e. The van der Waals surface area contributed by atoms with Gasteiger partial charge < -0.3 is 9.73 Å². The third kappa shape index (κ3) is 3.29. The van der Waals surface area contributed by atoms with E-state index in [1.807, 2.05) is 0 Å². The maximum atomic E-state index is 12.3. The summed E-state index contributed by atoms with van der Waals surface area (Å²) in [5.74, 6) is 2.68. The number of rotatable bonds is 7. The molecule has 0 aliphatic carbocycles. The van der Waals surface area contributed by atoms with E-state index in [9.17, 15) is 4.79 Å². The van der Waals surface area contributed by atoms with E-state index in [0.29, 0.717) is 37.1 Å². The standard InChI is InChI=1S/C15H16N6O2/c1-3-4-5-15(19-20-15)6-7-16-14(22)12-13(23-10-17-12)11-8-18-21(2)9-11/h1,8-10H,4-7H2,2H3,(H,16,22). The summed E-state index contributed by atoms with van der Waals surface area (Å²) in [5, 5.41) is 14.9. The second-order valence-electron chi connectivity index (χ2n) is 5.33. The van der Waals surface area contributed by atoms with Crippen molar-refractivity contribution in [2.24, 2.45) is 17.3 Å². The molecule has 0 fully saturated rings. The van der Waals surface area contributed by atoms with E-state index >= 15 is 0 Å². The molecule has 1 N–H and O–H groups in total. The molecule has 0 bridgehead atoms. The van der Waals surface area contributed by atoms with Crippen molar-refractivity contribution in [2.75, 3.05) is 6.54 Å².